The van der Waals surface area contributed by atoms with Gasteiger partial charge in [-0.2, -0.15) is 0 Å². The van der Waals surface area contributed by atoms with Gasteiger partial charge in [0.25, 0.3) is 0 Å². The topological polar surface area (TPSA) is 24.1 Å². The van der Waals surface area contributed by atoms with Crippen LogP contribution in [0.15, 0.2) is 24.4 Å². The molecule has 1 aromatic carbocycles. The summed E-state index contributed by atoms with van der Waals surface area (Å²) in [5.41, 5.74) is 3.24. The fourth-order valence-corrected chi connectivity index (χ4v) is 2.15. The van der Waals surface area contributed by atoms with Gasteiger partial charge < -0.3 is 10.6 Å². The first-order chi connectivity index (χ1) is 6.84. The van der Waals surface area contributed by atoms with Crippen LogP contribution in [0.2, 0.25) is 0 Å². The molecule has 0 saturated heterocycles. The number of anilines is 1. The average Bonchev–Trinajstić information content (AvgIpc) is 2.56. The van der Waals surface area contributed by atoms with Gasteiger partial charge >= 0.3 is 0 Å². The van der Waals surface area contributed by atoms with Crippen molar-refractivity contribution < 1.29 is 4.39 Å². The number of fused-ring (bicyclic) bond motifs is 3. The van der Waals surface area contributed by atoms with E-state index in [2.05, 4.69) is 10.6 Å². The Kier molecular flexibility index (Phi) is 1.54. The van der Waals surface area contributed by atoms with Crippen molar-refractivity contribution in [3.63, 3.8) is 0 Å². The highest BCUT2D eigenvalue weighted by Gasteiger charge is 2.27. The zero-order valence-corrected chi connectivity index (χ0v) is 7.68. The van der Waals surface area contributed by atoms with Crippen LogP contribution in [0.3, 0.4) is 0 Å². The van der Waals surface area contributed by atoms with Crippen LogP contribution in [-0.2, 0) is 0 Å². The number of halogens is 1. The molecule has 0 saturated carbocycles. The van der Waals surface area contributed by atoms with Gasteiger partial charge in [0, 0.05) is 24.0 Å². The minimum atomic E-state index is -0.169. The van der Waals surface area contributed by atoms with Crippen molar-refractivity contribution in [2.24, 2.45) is 0 Å². The van der Waals surface area contributed by atoms with Crippen LogP contribution < -0.4 is 10.6 Å². The molecule has 2 N–H and O–H groups in total. The lowest BCUT2D eigenvalue weighted by Gasteiger charge is -2.18. The van der Waals surface area contributed by atoms with E-state index in [9.17, 15) is 4.39 Å². The molecule has 1 atom stereocenters. The Hall–Kier alpha value is -1.51. The number of benzene rings is 1. The monoisotopic (exact) mass is 190 g/mol. The Morgan fingerprint density at radius 3 is 3.21 bits per heavy atom. The summed E-state index contributed by atoms with van der Waals surface area (Å²) in [5.74, 6) is -0.169. The summed E-state index contributed by atoms with van der Waals surface area (Å²) in [7, 11) is 0. The van der Waals surface area contributed by atoms with Crippen LogP contribution in [0, 0.1) is 5.82 Å². The molecular formula is C11H11FN2. The predicted octanol–water partition coefficient (Wildman–Crippen LogP) is 1.95. The highest BCUT2D eigenvalue weighted by Crippen LogP contribution is 2.37. The van der Waals surface area contributed by atoms with Crippen molar-refractivity contribution in [3.05, 3.63) is 35.8 Å². The van der Waals surface area contributed by atoms with E-state index in [4.69, 9.17) is 0 Å². The van der Waals surface area contributed by atoms with Gasteiger partial charge in [-0.25, -0.2) is 4.39 Å². The summed E-state index contributed by atoms with van der Waals surface area (Å²) < 4.78 is 13.0. The molecule has 0 fully saturated rings. The lowest BCUT2D eigenvalue weighted by atomic mass is 9.99. The molecule has 0 radical (unpaired) electrons. The summed E-state index contributed by atoms with van der Waals surface area (Å²) in [5, 5.41) is 6.58. The van der Waals surface area contributed by atoms with Crippen LogP contribution >= 0.6 is 0 Å². The van der Waals surface area contributed by atoms with Gasteiger partial charge in [-0.3, -0.25) is 0 Å². The van der Waals surface area contributed by atoms with Crippen molar-refractivity contribution in [1.29, 1.82) is 0 Å². The van der Waals surface area contributed by atoms with Gasteiger partial charge in [0.2, 0.25) is 0 Å². The molecule has 72 valence electrons. The Bertz CT molecular complexity index is 412. The van der Waals surface area contributed by atoms with Gasteiger partial charge in [0.05, 0.1) is 6.04 Å². The molecule has 2 heterocycles. The fourth-order valence-electron chi connectivity index (χ4n) is 2.15. The zero-order valence-electron chi connectivity index (χ0n) is 7.68. The quantitative estimate of drug-likeness (QED) is 0.653. The van der Waals surface area contributed by atoms with Crippen LogP contribution in [0.5, 0.6) is 0 Å². The molecule has 1 unspecified atom stereocenters. The number of nitrogens with one attached hydrogen (secondary N) is 2. The van der Waals surface area contributed by atoms with E-state index in [1.165, 1.54) is 11.6 Å². The van der Waals surface area contributed by atoms with E-state index in [-0.39, 0.29) is 5.82 Å². The minimum absolute atomic E-state index is 0.169. The van der Waals surface area contributed by atoms with E-state index < -0.39 is 0 Å². The number of hydrogen-bond acceptors (Lipinski definition) is 2. The fraction of sp³-hybridized carbons (Fsp3) is 0.273. The maximum absolute atomic E-state index is 13.0. The lowest BCUT2D eigenvalue weighted by Crippen LogP contribution is -2.26. The van der Waals surface area contributed by atoms with E-state index in [0.717, 1.165) is 24.2 Å². The largest absolute Gasteiger partial charge is 0.390 e. The second-order valence-corrected chi connectivity index (χ2v) is 3.73. The highest BCUT2D eigenvalue weighted by molar-refractivity contribution is 5.86. The van der Waals surface area contributed by atoms with Gasteiger partial charge in [0.15, 0.2) is 0 Å². The standard InChI is InChI=1S/C11H11FN2/c12-7-1-2-10-8(5-7)9-6-13-4-3-11(9)14-10/h1-2,5-6,11,13-14H,3-4H2. The molecule has 0 amide bonds. The van der Waals surface area contributed by atoms with E-state index in [1.54, 1.807) is 6.07 Å². The van der Waals surface area contributed by atoms with Gasteiger partial charge in [-0.15, -0.1) is 0 Å². The van der Waals surface area contributed by atoms with Crippen LogP contribution in [0.25, 0.3) is 5.57 Å². The van der Waals surface area contributed by atoms with Gasteiger partial charge in [0.1, 0.15) is 5.82 Å². The molecule has 0 bridgehead atoms. The molecular weight excluding hydrogens is 179 g/mol. The number of rotatable bonds is 0. The van der Waals surface area contributed by atoms with Crippen molar-refractivity contribution in [2.75, 3.05) is 11.9 Å². The normalized spacial score (nSPS) is 22.9. The Morgan fingerprint density at radius 2 is 2.29 bits per heavy atom. The van der Waals surface area contributed by atoms with Crippen molar-refractivity contribution >= 4 is 11.3 Å². The first-order valence-electron chi connectivity index (χ1n) is 4.84. The summed E-state index contributed by atoms with van der Waals surface area (Å²) >= 11 is 0. The van der Waals surface area contributed by atoms with E-state index >= 15 is 0 Å². The van der Waals surface area contributed by atoms with E-state index in [1.807, 2.05) is 12.3 Å². The second kappa shape index (κ2) is 2.74. The Labute approximate surface area is 81.8 Å². The predicted molar refractivity (Wildman–Crippen MR) is 54.4 cm³/mol. The molecule has 2 aliphatic heterocycles. The molecule has 0 spiro atoms. The van der Waals surface area contributed by atoms with Crippen LogP contribution in [0.1, 0.15) is 12.0 Å². The van der Waals surface area contributed by atoms with Gasteiger partial charge in [-0.05, 0) is 30.2 Å². The van der Waals surface area contributed by atoms with Crippen molar-refractivity contribution in [3.8, 4) is 0 Å². The van der Waals surface area contributed by atoms with Crippen LogP contribution in [-0.4, -0.2) is 12.6 Å². The SMILES string of the molecule is Fc1ccc2c(c1)C1=CNCCC1N2. The van der Waals surface area contributed by atoms with E-state index in [0.29, 0.717) is 6.04 Å². The smallest absolute Gasteiger partial charge is 0.123 e. The summed E-state index contributed by atoms with van der Waals surface area (Å²) in [6.07, 6.45) is 3.05. The average molecular weight is 190 g/mol. The third-order valence-corrected chi connectivity index (χ3v) is 2.83. The molecule has 1 aromatic rings. The molecule has 2 aliphatic rings. The summed E-state index contributed by atoms with van der Waals surface area (Å²) in [6, 6.07) is 5.27. The lowest BCUT2D eigenvalue weighted by molar-refractivity contribution is 0.627. The molecule has 3 heteroatoms. The summed E-state index contributed by atoms with van der Waals surface area (Å²) in [6.45, 7) is 0.984. The third-order valence-electron chi connectivity index (χ3n) is 2.83. The molecule has 2 nitrogen and oxygen atoms in total. The molecule has 14 heavy (non-hydrogen) atoms. The summed E-state index contributed by atoms with van der Waals surface area (Å²) in [4.78, 5) is 0. The highest BCUT2D eigenvalue weighted by atomic mass is 19.1. The number of hydrogen-bond donors (Lipinski definition) is 2. The van der Waals surface area contributed by atoms with Gasteiger partial charge in [-0.1, -0.05) is 0 Å². The van der Waals surface area contributed by atoms with Crippen molar-refractivity contribution in [2.45, 2.75) is 12.5 Å². The zero-order chi connectivity index (χ0) is 9.54. The second-order valence-electron chi connectivity index (χ2n) is 3.73. The first-order valence-corrected chi connectivity index (χ1v) is 4.84. The molecule has 0 aliphatic carbocycles. The maximum Gasteiger partial charge on any atom is 0.123 e. The Morgan fingerprint density at radius 1 is 1.36 bits per heavy atom. The molecule has 0 aromatic heterocycles. The molecule has 3 rings (SSSR count). The minimum Gasteiger partial charge on any atom is -0.390 e. The Balaban J connectivity index is 2.13. The van der Waals surface area contributed by atoms with Crippen LogP contribution in [0.4, 0.5) is 10.1 Å². The van der Waals surface area contributed by atoms with Crippen molar-refractivity contribution in [1.82, 2.24) is 5.32 Å². The maximum atomic E-state index is 13.0. The first kappa shape index (κ1) is 7.85. The third kappa shape index (κ3) is 1.02.